The van der Waals surface area contributed by atoms with Gasteiger partial charge in [-0.3, -0.25) is 0 Å². The number of thioether (sulfide) groups is 1. The number of nitrogens with zero attached hydrogens (tertiary/aromatic N) is 3. The zero-order chi connectivity index (χ0) is 13.4. The molecule has 1 aromatic carbocycles. The maximum Gasteiger partial charge on any atom is 0.210 e. The Balaban J connectivity index is 1.88. The lowest BCUT2D eigenvalue weighted by atomic mass is 10.1. The SMILES string of the molecule is Cc1ccc(C2CSc3nnc(C(C)C)n3N2)cc1. The van der Waals surface area contributed by atoms with Gasteiger partial charge in [0.05, 0.1) is 6.04 Å². The quantitative estimate of drug-likeness (QED) is 0.914. The van der Waals surface area contributed by atoms with Crippen molar-refractivity contribution in [1.29, 1.82) is 0 Å². The van der Waals surface area contributed by atoms with Crippen LogP contribution in [0.3, 0.4) is 0 Å². The van der Waals surface area contributed by atoms with Crippen LogP contribution in [0.4, 0.5) is 0 Å². The van der Waals surface area contributed by atoms with Gasteiger partial charge in [-0.2, -0.15) is 0 Å². The van der Waals surface area contributed by atoms with Gasteiger partial charge in [0.2, 0.25) is 5.16 Å². The maximum atomic E-state index is 4.27. The minimum atomic E-state index is 0.312. The molecule has 100 valence electrons. The number of nitrogens with one attached hydrogen (secondary N) is 1. The fourth-order valence-electron chi connectivity index (χ4n) is 2.19. The van der Waals surface area contributed by atoms with Crippen LogP contribution in [0.1, 0.15) is 42.8 Å². The normalized spacial score (nSPS) is 18.2. The van der Waals surface area contributed by atoms with Gasteiger partial charge in [0.25, 0.3) is 0 Å². The Kier molecular flexibility index (Phi) is 3.22. The number of hydrogen-bond donors (Lipinski definition) is 1. The molecule has 1 unspecified atom stereocenters. The summed E-state index contributed by atoms with van der Waals surface area (Å²) < 4.78 is 2.04. The van der Waals surface area contributed by atoms with E-state index in [-0.39, 0.29) is 0 Å². The third-order valence-corrected chi connectivity index (χ3v) is 4.34. The van der Waals surface area contributed by atoms with Crippen molar-refractivity contribution in [2.75, 3.05) is 11.2 Å². The molecule has 4 nitrogen and oxygen atoms in total. The predicted molar refractivity (Wildman–Crippen MR) is 78.1 cm³/mol. The third kappa shape index (κ3) is 2.34. The highest BCUT2D eigenvalue weighted by Gasteiger charge is 2.24. The summed E-state index contributed by atoms with van der Waals surface area (Å²) in [4.78, 5) is 0. The molecule has 1 atom stereocenters. The molecule has 0 fully saturated rings. The summed E-state index contributed by atoms with van der Waals surface area (Å²) in [6, 6.07) is 9.02. The molecule has 0 bridgehead atoms. The molecule has 2 aromatic rings. The fourth-order valence-corrected chi connectivity index (χ4v) is 3.15. The van der Waals surface area contributed by atoms with Crippen molar-refractivity contribution in [2.24, 2.45) is 0 Å². The van der Waals surface area contributed by atoms with Gasteiger partial charge in [0.15, 0.2) is 5.82 Å². The highest BCUT2D eigenvalue weighted by Crippen LogP contribution is 2.31. The first-order valence-corrected chi connectivity index (χ1v) is 7.55. The Morgan fingerprint density at radius 2 is 2.00 bits per heavy atom. The van der Waals surface area contributed by atoms with Crippen LogP contribution in [-0.2, 0) is 0 Å². The molecule has 0 aliphatic carbocycles. The molecular formula is C14H18N4S. The lowest BCUT2D eigenvalue weighted by Crippen LogP contribution is -2.29. The van der Waals surface area contributed by atoms with Crippen LogP contribution < -0.4 is 5.43 Å². The van der Waals surface area contributed by atoms with E-state index < -0.39 is 0 Å². The minimum absolute atomic E-state index is 0.312. The van der Waals surface area contributed by atoms with Gasteiger partial charge < -0.3 is 5.43 Å². The van der Waals surface area contributed by atoms with E-state index in [9.17, 15) is 0 Å². The lowest BCUT2D eigenvalue weighted by Gasteiger charge is -2.27. The summed E-state index contributed by atoms with van der Waals surface area (Å²) in [5.74, 6) is 2.35. The fraction of sp³-hybridized carbons (Fsp3) is 0.429. The predicted octanol–water partition coefficient (Wildman–Crippen LogP) is 3.10. The van der Waals surface area contributed by atoms with Gasteiger partial charge >= 0.3 is 0 Å². The van der Waals surface area contributed by atoms with E-state index in [0.29, 0.717) is 12.0 Å². The van der Waals surface area contributed by atoms with E-state index in [1.807, 2.05) is 4.68 Å². The Morgan fingerprint density at radius 1 is 1.26 bits per heavy atom. The number of benzene rings is 1. The highest BCUT2D eigenvalue weighted by molar-refractivity contribution is 7.99. The van der Waals surface area contributed by atoms with Gasteiger partial charge in [-0.1, -0.05) is 55.4 Å². The van der Waals surface area contributed by atoms with Crippen LogP contribution in [0, 0.1) is 6.92 Å². The first-order chi connectivity index (χ1) is 9.15. The van der Waals surface area contributed by atoms with Crippen molar-refractivity contribution in [2.45, 2.75) is 37.9 Å². The number of hydrogen-bond acceptors (Lipinski definition) is 4. The number of aromatic nitrogens is 3. The summed E-state index contributed by atoms with van der Waals surface area (Å²) in [6.07, 6.45) is 0. The van der Waals surface area contributed by atoms with Gasteiger partial charge in [-0.05, 0) is 12.5 Å². The summed E-state index contributed by atoms with van der Waals surface area (Å²) >= 11 is 1.76. The Morgan fingerprint density at radius 3 is 2.68 bits per heavy atom. The maximum absolute atomic E-state index is 4.27. The second-order valence-corrected chi connectivity index (χ2v) is 6.22. The largest absolute Gasteiger partial charge is 0.314 e. The highest BCUT2D eigenvalue weighted by atomic mass is 32.2. The van der Waals surface area contributed by atoms with E-state index in [4.69, 9.17) is 0 Å². The van der Waals surface area contributed by atoms with Crippen molar-refractivity contribution < 1.29 is 0 Å². The van der Waals surface area contributed by atoms with Crippen molar-refractivity contribution >= 4 is 11.8 Å². The summed E-state index contributed by atoms with van der Waals surface area (Å²) in [5.41, 5.74) is 6.14. The molecular weight excluding hydrogens is 256 g/mol. The van der Waals surface area contributed by atoms with E-state index in [2.05, 4.69) is 60.7 Å². The molecule has 0 saturated heterocycles. The Hall–Kier alpha value is -1.49. The molecule has 2 heterocycles. The van der Waals surface area contributed by atoms with Crippen LogP contribution >= 0.6 is 11.8 Å². The molecule has 0 saturated carbocycles. The number of aryl methyl sites for hydroxylation is 1. The molecule has 1 N–H and O–H groups in total. The van der Waals surface area contributed by atoms with Gasteiger partial charge in [0, 0.05) is 11.7 Å². The Labute approximate surface area is 117 Å². The molecule has 1 aliphatic heterocycles. The molecule has 1 aromatic heterocycles. The second kappa shape index (κ2) is 4.89. The molecule has 0 amide bonds. The van der Waals surface area contributed by atoms with Crippen molar-refractivity contribution in [3.8, 4) is 0 Å². The van der Waals surface area contributed by atoms with Crippen LogP contribution in [0.15, 0.2) is 29.4 Å². The van der Waals surface area contributed by atoms with Gasteiger partial charge in [0.1, 0.15) is 0 Å². The van der Waals surface area contributed by atoms with Crippen molar-refractivity contribution in [3.63, 3.8) is 0 Å². The van der Waals surface area contributed by atoms with Crippen molar-refractivity contribution in [3.05, 3.63) is 41.2 Å². The second-order valence-electron chi connectivity index (χ2n) is 5.23. The first-order valence-electron chi connectivity index (χ1n) is 6.56. The molecule has 5 heteroatoms. The van der Waals surface area contributed by atoms with E-state index in [1.54, 1.807) is 11.8 Å². The molecule has 19 heavy (non-hydrogen) atoms. The van der Waals surface area contributed by atoms with Gasteiger partial charge in [-0.25, -0.2) is 4.68 Å². The zero-order valence-corrected chi connectivity index (χ0v) is 12.2. The average molecular weight is 274 g/mol. The topological polar surface area (TPSA) is 42.7 Å². The molecule has 3 rings (SSSR count). The smallest absolute Gasteiger partial charge is 0.210 e. The summed E-state index contributed by atoms with van der Waals surface area (Å²) in [6.45, 7) is 6.39. The summed E-state index contributed by atoms with van der Waals surface area (Å²) in [5, 5.41) is 9.47. The first kappa shape index (κ1) is 12.5. The standard InChI is InChI=1S/C14H18N4S/c1-9(2)13-15-16-14-18(13)17-12(8-19-14)11-6-4-10(3)5-7-11/h4-7,9,12,17H,8H2,1-3H3. The average Bonchev–Trinajstić information content (AvgIpc) is 2.82. The zero-order valence-electron chi connectivity index (χ0n) is 11.4. The van der Waals surface area contributed by atoms with Crippen molar-refractivity contribution in [1.82, 2.24) is 14.9 Å². The minimum Gasteiger partial charge on any atom is -0.314 e. The van der Waals surface area contributed by atoms with Crippen LogP contribution in [0.2, 0.25) is 0 Å². The monoisotopic (exact) mass is 274 g/mol. The number of fused-ring (bicyclic) bond motifs is 1. The Bertz CT molecular complexity index is 574. The molecule has 0 spiro atoms. The van der Waals surface area contributed by atoms with Crippen LogP contribution in [-0.4, -0.2) is 20.6 Å². The van der Waals surface area contributed by atoms with Gasteiger partial charge in [-0.15, -0.1) is 10.2 Å². The van der Waals surface area contributed by atoms with Crippen LogP contribution in [0.25, 0.3) is 0 Å². The van der Waals surface area contributed by atoms with E-state index in [0.717, 1.165) is 16.7 Å². The number of rotatable bonds is 2. The van der Waals surface area contributed by atoms with E-state index >= 15 is 0 Å². The lowest BCUT2D eigenvalue weighted by molar-refractivity contribution is 0.611. The molecule has 1 aliphatic rings. The van der Waals surface area contributed by atoms with E-state index in [1.165, 1.54) is 11.1 Å². The summed E-state index contributed by atoms with van der Waals surface area (Å²) in [7, 11) is 0. The van der Waals surface area contributed by atoms with Crippen LogP contribution in [0.5, 0.6) is 0 Å². The molecule has 0 radical (unpaired) electrons. The third-order valence-electron chi connectivity index (χ3n) is 3.32.